The summed E-state index contributed by atoms with van der Waals surface area (Å²) in [6.45, 7) is 8.89. The SMILES string of the molecule is CC.Cc1nnc2n1CCNC2.[HH]. The first-order chi connectivity index (χ1) is 5.88. The predicted molar refractivity (Wildman–Crippen MR) is 49.9 cm³/mol. The minimum Gasteiger partial charge on any atom is -0.313 e. The van der Waals surface area contributed by atoms with E-state index in [2.05, 4.69) is 20.1 Å². The van der Waals surface area contributed by atoms with Gasteiger partial charge in [-0.15, -0.1) is 10.2 Å². The van der Waals surface area contributed by atoms with E-state index in [-0.39, 0.29) is 1.43 Å². The second-order valence-corrected chi connectivity index (χ2v) is 2.49. The van der Waals surface area contributed by atoms with Gasteiger partial charge >= 0.3 is 0 Å². The Balaban J connectivity index is 0.000000451. The van der Waals surface area contributed by atoms with E-state index in [1.807, 2.05) is 20.8 Å². The minimum atomic E-state index is 0. The van der Waals surface area contributed by atoms with Crippen molar-refractivity contribution in [1.29, 1.82) is 0 Å². The van der Waals surface area contributed by atoms with Gasteiger partial charge in [0.25, 0.3) is 0 Å². The van der Waals surface area contributed by atoms with Gasteiger partial charge in [-0.05, 0) is 6.92 Å². The summed E-state index contributed by atoms with van der Waals surface area (Å²) in [7, 11) is 0. The molecule has 1 aliphatic rings. The lowest BCUT2D eigenvalue weighted by molar-refractivity contribution is 0.499. The Morgan fingerprint density at radius 2 is 2.17 bits per heavy atom. The lowest BCUT2D eigenvalue weighted by Gasteiger charge is -2.14. The maximum atomic E-state index is 4.01. The molecule has 70 valence electrons. The van der Waals surface area contributed by atoms with E-state index in [1.54, 1.807) is 0 Å². The third kappa shape index (κ3) is 1.64. The van der Waals surface area contributed by atoms with Crippen molar-refractivity contribution in [2.45, 2.75) is 33.9 Å². The summed E-state index contributed by atoms with van der Waals surface area (Å²) in [5.74, 6) is 2.08. The fraction of sp³-hybridized carbons (Fsp3) is 0.750. The van der Waals surface area contributed by atoms with Crippen molar-refractivity contribution >= 4 is 0 Å². The monoisotopic (exact) mass is 170 g/mol. The van der Waals surface area contributed by atoms with Crippen LogP contribution in [0.1, 0.15) is 26.9 Å². The molecule has 0 amide bonds. The topological polar surface area (TPSA) is 42.7 Å². The van der Waals surface area contributed by atoms with Crippen LogP contribution in [0.2, 0.25) is 0 Å². The Hall–Kier alpha value is -0.900. The maximum Gasteiger partial charge on any atom is 0.147 e. The van der Waals surface area contributed by atoms with E-state index in [1.165, 1.54) is 0 Å². The molecule has 0 aromatic carbocycles. The smallest absolute Gasteiger partial charge is 0.147 e. The van der Waals surface area contributed by atoms with Crippen molar-refractivity contribution in [3.8, 4) is 0 Å². The van der Waals surface area contributed by atoms with Gasteiger partial charge in [-0.3, -0.25) is 0 Å². The molecular weight excluding hydrogens is 152 g/mol. The average Bonchev–Trinajstić information content (AvgIpc) is 2.53. The summed E-state index contributed by atoms with van der Waals surface area (Å²) < 4.78 is 2.15. The van der Waals surface area contributed by atoms with E-state index in [0.717, 1.165) is 31.3 Å². The molecular formula is C8H18N4. The summed E-state index contributed by atoms with van der Waals surface area (Å²) in [5, 5.41) is 11.2. The summed E-state index contributed by atoms with van der Waals surface area (Å²) in [5.41, 5.74) is 0. The molecule has 0 spiro atoms. The van der Waals surface area contributed by atoms with Crippen LogP contribution in [0.4, 0.5) is 0 Å². The number of hydrogen-bond donors (Lipinski definition) is 1. The van der Waals surface area contributed by atoms with Crippen LogP contribution in [0, 0.1) is 6.92 Å². The quantitative estimate of drug-likeness (QED) is 0.630. The Labute approximate surface area is 74.5 Å². The van der Waals surface area contributed by atoms with Crippen molar-refractivity contribution in [2.75, 3.05) is 6.54 Å². The van der Waals surface area contributed by atoms with Gasteiger partial charge in [0, 0.05) is 14.5 Å². The second-order valence-electron chi connectivity index (χ2n) is 2.49. The molecule has 0 saturated heterocycles. The van der Waals surface area contributed by atoms with Gasteiger partial charge in [-0.25, -0.2) is 0 Å². The predicted octanol–water partition coefficient (Wildman–Crippen LogP) is 0.962. The first-order valence-electron chi connectivity index (χ1n) is 4.47. The molecule has 1 aromatic heterocycles. The number of nitrogens with one attached hydrogen (secondary N) is 1. The van der Waals surface area contributed by atoms with Gasteiger partial charge in [-0.1, -0.05) is 13.8 Å². The van der Waals surface area contributed by atoms with Crippen molar-refractivity contribution in [3.63, 3.8) is 0 Å². The van der Waals surface area contributed by atoms with Gasteiger partial charge < -0.3 is 9.88 Å². The molecule has 0 unspecified atom stereocenters. The Kier molecular flexibility index (Phi) is 3.22. The number of rotatable bonds is 0. The van der Waals surface area contributed by atoms with Gasteiger partial charge in [0.05, 0.1) is 6.54 Å². The third-order valence-electron chi connectivity index (χ3n) is 1.81. The van der Waals surface area contributed by atoms with Gasteiger partial charge in [-0.2, -0.15) is 0 Å². The molecule has 4 nitrogen and oxygen atoms in total. The summed E-state index contributed by atoms with van der Waals surface area (Å²) in [6, 6.07) is 0. The van der Waals surface area contributed by atoms with Crippen molar-refractivity contribution in [3.05, 3.63) is 11.6 Å². The highest BCUT2D eigenvalue weighted by molar-refractivity contribution is 4.95. The molecule has 0 radical (unpaired) electrons. The summed E-state index contributed by atoms with van der Waals surface area (Å²) in [4.78, 5) is 0. The highest BCUT2D eigenvalue weighted by atomic mass is 15.3. The number of fused-ring (bicyclic) bond motifs is 1. The largest absolute Gasteiger partial charge is 0.313 e. The highest BCUT2D eigenvalue weighted by Crippen LogP contribution is 2.03. The zero-order valence-electron chi connectivity index (χ0n) is 7.96. The first kappa shape index (κ1) is 9.19. The second kappa shape index (κ2) is 4.21. The molecule has 0 fully saturated rings. The molecule has 1 aromatic rings. The first-order valence-corrected chi connectivity index (χ1v) is 4.47. The standard InChI is InChI=1S/C6H10N4.C2H6.H2/c1-5-8-9-6-4-7-2-3-10(5)6;1-2;/h7H,2-4H2,1H3;1-2H3;1H. The zero-order valence-corrected chi connectivity index (χ0v) is 7.96. The molecule has 0 bridgehead atoms. The molecule has 0 atom stereocenters. The van der Waals surface area contributed by atoms with Crippen molar-refractivity contribution in [1.82, 2.24) is 20.1 Å². The average molecular weight is 170 g/mol. The van der Waals surface area contributed by atoms with Crippen molar-refractivity contribution in [2.24, 2.45) is 0 Å². The molecule has 4 heteroatoms. The van der Waals surface area contributed by atoms with E-state index in [9.17, 15) is 0 Å². The number of aromatic nitrogens is 3. The van der Waals surface area contributed by atoms with Crippen LogP contribution in [0.15, 0.2) is 0 Å². The Bertz CT molecular complexity index is 246. The Morgan fingerprint density at radius 3 is 2.83 bits per heavy atom. The Morgan fingerprint density at radius 1 is 1.42 bits per heavy atom. The lowest BCUT2D eigenvalue weighted by Crippen LogP contribution is -2.28. The van der Waals surface area contributed by atoms with Crippen LogP contribution < -0.4 is 5.32 Å². The molecule has 0 aliphatic carbocycles. The number of hydrogen-bond acceptors (Lipinski definition) is 3. The number of aryl methyl sites for hydroxylation is 1. The van der Waals surface area contributed by atoms with E-state index >= 15 is 0 Å². The van der Waals surface area contributed by atoms with Gasteiger partial charge in [0.2, 0.25) is 0 Å². The molecule has 12 heavy (non-hydrogen) atoms. The molecule has 0 saturated carbocycles. The van der Waals surface area contributed by atoms with Gasteiger partial charge in [0.1, 0.15) is 11.6 Å². The maximum absolute atomic E-state index is 4.01. The van der Waals surface area contributed by atoms with Crippen LogP contribution in [0.5, 0.6) is 0 Å². The molecule has 2 rings (SSSR count). The zero-order chi connectivity index (χ0) is 8.97. The minimum absolute atomic E-state index is 0. The van der Waals surface area contributed by atoms with Gasteiger partial charge in [0.15, 0.2) is 0 Å². The van der Waals surface area contributed by atoms with Crippen LogP contribution in [0.3, 0.4) is 0 Å². The third-order valence-corrected chi connectivity index (χ3v) is 1.81. The fourth-order valence-corrected chi connectivity index (χ4v) is 1.24. The molecule has 1 N–H and O–H groups in total. The van der Waals surface area contributed by atoms with Crippen LogP contribution in [-0.4, -0.2) is 21.3 Å². The lowest BCUT2D eigenvalue weighted by atomic mass is 10.4. The van der Waals surface area contributed by atoms with E-state index in [0.29, 0.717) is 0 Å². The van der Waals surface area contributed by atoms with Crippen LogP contribution in [0.25, 0.3) is 0 Å². The van der Waals surface area contributed by atoms with Crippen molar-refractivity contribution < 1.29 is 1.43 Å². The summed E-state index contributed by atoms with van der Waals surface area (Å²) in [6.07, 6.45) is 0. The fourth-order valence-electron chi connectivity index (χ4n) is 1.24. The van der Waals surface area contributed by atoms with E-state index < -0.39 is 0 Å². The normalized spacial score (nSPS) is 14.6. The van der Waals surface area contributed by atoms with E-state index in [4.69, 9.17) is 0 Å². The van der Waals surface area contributed by atoms with Crippen LogP contribution >= 0.6 is 0 Å². The van der Waals surface area contributed by atoms with Crippen LogP contribution in [-0.2, 0) is 13.1 Å². The summed E-state index contributed by atoms with van der Waals surface area (Å²) >= 11 is 0. The number of nitrogens with zero attached hydrogens (tertiary/aromatic N) is 3. The molecule has 2 heterocycles. The molecule has 1 aliphatic heterocycles. The highest BCUT2D eigenvalue weighted by Gasteiger charge is 2.11.